The van der Waals surface area contributed by atoms with Crippen molar-refractivity contribution in [1.29, 1.82) is 0 Å². The van der Waals surface area contributed by atoms with Crippen molar-refractivity contribution < 1.29 is 36.0 Å². The molecule has 2 rings (SSSR count). The van der Waals surface area contributed by atoms with Crippen LogP contribution >= 0.6 is 0 Å². The minimum absolute atomic E-state index is 0.173. The molecular formula is C13H6F6N2O3. The molecule has 128 valence electrons. The number of hydrogen-bond donors (Lipinski definition) is 0. The summed E-state index contributed by atoms with van der Waals surface area (Å²) in [4.78, 5) is 12.3. The first kappa shape index (κ1) is 17.5. The molecule has 1 aromatic carbocycles. The molecule has 0 aliphatic carbocycles. The molecule has 0 unspecified atom stereocenters. The van der Waals surface area contributed by atoms with Gasteiger partial charge in [0.25, 0.3) is 5.69 Å². The molecular weight excluding hydrogens is 346 g/mol. The van der Waals surface area contributed by atoms with Gasteiger partial charge in [-0.15, -0.1) is 0 Å². The quantitative estimate of drug-likeness (QED) is 0.451. The first-order chi connectivity index (χ1) is 11.0. The zero-order valence-corrected chi connectivity index (χ0v) is 11.4. The van der Waals surface area contributed by atoms with Crippen molar-refractivity contribution in [2.24, 2.45) is 0 Å². The number of nitrogens with zero attached hydrogens (tertiary/aromatic N) is 2. The van der Waals surface area contributed by atoms with E-state index in [9.17, 15) is 36.5 Å². The molecule has 1 aromatic heterocycles. The molecule has 0 spiro atoms. The van der Waals surface area contributed by atoms with E-state index in [0.29, 0.717) is 12.1 Å². The van der Waals surface area contributed by atoms with E-state index in [-0.39, 0.29) is 11.4 Å². The van der Waals surface area contributed by atoms with E-state index in [1.807, 2.05) is 0 Å². The average molecular weight is 352 g/mol. The monoisotopic (exact) mass is 352 g/mol. The Bertz CT molecular complexity index is 724. The van der Waals surface area contributed by atoms with E-state index < -0.39 is 34.4 Å². The largest absolute Gasteiger partial charge is 0.457 e. The Balaban J connectivity index is 2.40. The van der Waals surface area contributed by atoms with E-state index in [1.165, 1.54) is 0 Å². The zero-order valence-electron chi connectivity index (χ0n) is 11.4. The summed E-state index contributed by atoms with van der Waals surface area (Å²) < 4.78 is 80.9. The topological polar surface area (TPSA) is 65.3 Å². The highest BCUT2D eigenvalue weighted by atomic mass is 19.4. The maximum absolute atomic E-state index is 12.7. The van der Waals surface area contributed by atoms with Gasteiger partial charge in [0.2, 0.25) is 0 Å². The number of benzene rings is 1. The minimum atomic E-state index is -5.10. The number of rotatable bonds is 3. The van der Waals surface area contributed by atoms with Crippen LogP contribution in [0.2, 0.25) is 0 Å². The maximum atomic E-state index is 12.7. The highest BCUT2D eigenvalue weighted by molar-refractivity contribution is 5.39. The lowest BCUT2D eigenvalue weighted by Crippen LogP contribution is -2.15. The molecule has 0 fully saturated rings. The Kier molecular flexibility index (Phi) is 4.36. The van der Waals surface area contributed by atoms with Gasteiger partial charge in [-0.1, -0.05) is 0 Å². The summed E-state index contributed by atoms with van der Waals surface area (Å²) >= 11 is 0. The highest BCUT2D eigenvalue weighted by Crippen LogP contribution is 2.37. The molecule has 11 heteroatoms. The molecule has 0 N–H and O–H groups in total. The fraction of sp³-hybridized carbons (Fsp3) is 0.154. The number of nitro benzene ring substituents is 1. The van der Waals surface area contributed by atoms with Crippen LogP contribution in [0, 0.1) is 10.1 Å². The Morgan fingerprint density at radius 3 is 1.71 bits per heavy atom. The van der Waals surface area contributed by atoms with Crippen molar-refractivity contribution in [1.82, 2.24) is 4.98 Å². The van der Waals surface area contributed by atoms with Crippen LogP contribution < -0.4 is 4.74 Å². The molecule has 0 saturated carbocycles. The zero-order chi connectivity index (χ0) is 18.1. The van der Waals surface area contributed by atoms with E-state index in [0.717, 1.165) is 24.3 Å². The smallest absolute Gasteiger partial charge is 0.433 e. The molecule has 0 radical (unpaired) electrons. The third kappa shape index (κ3) is 4.12. The summed E-state index contributed by atoms with van der Waals surface area (Å²) in [7, 11) is 0. The number of pyridine rings is 1. The van der Waals surface area contributed by atoms with Crippen molar-refractivity contribution in [3.05, 3.63) is 57.9 Å². The fourth-order valence-electron chi connectivity index (χ4n) is 1.63. The molecule has 5 nitrogen and oxygen atoms in total. The van der Waals surface area contributed by atoms with Gasteiger partial charge in [-0.25, -0.2) is 4.98 Å². The molecule has 0 aliphatic heterocycles. The fourth-order valence-corrected chi connectivity index (χ4v) is 1.63. The Morgan fingerprint density at radius 1 is 0.875 bits per heavy atom. The second-order valence-electron chi connectivity index (χ2n) is 4.42. The van der Waals surface area contributed by atoms with Gasteiger partial charge in [0, 0.05) is 24.3 Å². The van der Waals surface area contributed by atoms with Gasteiger partial charge in [-0.3, -0.25) is 10.1 Å². The van der Waals surface area contributed by atoms with Crippen molar-refractivity contribution in [3.8, 4) is 11.5 Å². The summed E-state index contributed by atoms with van der Waals surface area (Å²) in [6.45, 7) is 0. The van der Waals surface area contributed by atoms with Crippen LogP contribution in [0.5, 0.6) is 11.5 Å². The molecule has 0 bridgehead atoms. The minimum Gasteiger partial charge on any atom is -0.457 e. The predicted molar refractivity (Wildman–Crippen MR) is 67.4 cm³/mol. The highest BCUT2D eigenvalue weighted by Gasteiger charge is 2.39. The van der Waals surface area contributed by atoms with E-state index >= 15 is 0 Å². The van der Waals surface area contributed by atoms with Crippen LogP contribution in [0.4, 0.5) is 32.0 Å². The standard InChI is InChI=1S/C13H6F6N2O3/c14-12(15,16)10-5-9(6-11(20-10)13(17,18)19)24-8-3-1-7(2-4-8)21(22)23/h1-6H. The molecule has 0 saturated heterocycles. The lowest BCUT2D eigenvalue weighted by Gasteiger charge is -2.13. The maximum Gasteiger partial charge on any atom is 0.433 e. The Hall–Kier alpha value is -2.85. The normalized spacial score (nSPS) is 12.1. The molecule has 0 aliphatic rings. The van der Waals surface area contributed by atoms with Crippen molar-refractivity contribution in [2.75, 3.05) is 0 Å². The molecule has 0 atom stereocenters. The first-order valence-corrected chi connectivity index (χ1v) is 6.05. The summed E-state index contributed by atoms with van der Waals surface area (Å²) in [5.74, 6) is -0.924. The molecule has 1 heterocycles. The SMILES string of the molecule is O=[N+]([O-])c1ccc(Oc2cc(C(F)(F)F)nc(C(F)(F)F)c2)cc1. The van der Waals surface area contributed by atoms with Gasteiger partial charge in [0.15, 0.2) is 0 Å². The predicted octanol–water partition coefficient (Wildman–Crippen LogP) is 4.82. The second-order valence-corrected chi connectivity index (χ2v) is 4.42. The molecule has 0 amide bonds. The summed E-state index contributed by atoms with van der Waals surface area (Å²) in [5.41, 5.74) is -3.85. The Labute approximate surface area is 129 Å². The number of halogens is 6. The first-order valence-electron chi connectivity index (χ1n) is 6.05. The second kappa shape index (κ2) is 5.98. The van der Waals surface area contributed by atoms with Gasteiger partial charge in [-0.05, 0) is 12.1 Å². The lowest BCUT2D eigenvalue weighted by molar-refractivity contribution is -0.384. The third-order valence-corrected chi connectivity index (χ3v) is 2.66. The van der Waals surface area contributed by atoms with Crippen LogP contribution in [0.3, 0.4) is 0 Å². The van der Waals surface area contributed by atoms with E-state index in [1.54, 1.807) is 0 Å². The van der Waals surface area contributed by atoms with E-state index in [4.69, 9.17) is 4.74 Å². The third-order valence-electron chi connectivity index (χ3n) is 2.66. The number of non-ortho nitro benzene ring substituents is 1. The van der Waals surface area contributed by atoms with Crippen LogP contribution in [0.25, 0.3) is 0 Å². The van der Waals surface area contributed by atoms with Gasteiger partial charge in [0.05, 0.1) is 4.92 Å². The van der Waals surface area contributed by atoms with E-state index in [2.05, 4.69) is 4.98 Å². The number of ether oxygens (including phenoxy) is 1. The van der Waals surface area contributed by atoms with Crippen LogP contribution in [-0.4, -0.2) is 9.91 Å². The Morgan fingerprint density at radius 2 is 1.33 bits per heavy atom. The van der Waals surface area contributed by atoms with Gasteiger partial charge in [-0.2, -0.15) is 26.3 Å². The number of hydrogen-bond acceptors (Lipinski definition) is 4. The van der Waals surface area contributed by atoms with Gasteiger partial charge in [0.1, 0.15) is 22.9 Å². The molecule has 24 heavy (non-hydrogen) atoms. The number of nitro groups is 1. The van der Waals surface area contributed by atoms with Crippen LogP contribution in [-0.2, 0) is 12.4 Å². The number of alkyl halides is 6. The summed E-state index contributed by atoms with van der Waals surface area (Å²) in [6, 6.07) is 4.67. The van der Waals surface area contributed by atoms with Crippen LogP contribution in [0.1, 0.15) is 11.4 Å². The van der Waals surface area contributed by atoms with Crippen LogP contribution in [0.15, 0.2) is 36.4 Å². The summed E-state index contributed by atoms with van der Waals surface area (Å²) in [5, 5.41) is 10.5. The van der Waals surface area contributed by atoms with Crippen molar-refractivity contribution in [3.63, 3.8) is 0 Å². The number of aromatic nitrogens is 1. The van der Waals surface area contributed by atoms with Gasteiger partial charge < -0.3 is 4.74 Å². The van der Waals surface area contributed by atoms with Gasteiger partial charge >= 0.3 is 12.4 Å². The van der Waals surface area contributed by atoms with Crippen molar-refractivity contribution >= 4 is 5.69 Å². The summed E-state index contributed by atoms with van der Waals surface area (Å²) in [6.07, 6.45) is -10.2. The van der Waals surface area contributed by atoms with Crippen molar-refractivity contribution in [2.45, 2.75) is 12.4 Å². The lowest BCUT2D eigenvalue weighted by atomic mass is 10.2. The average Bonchev–Trinajstić information content (AvgIpc) is 2.45. The molecule has 2 aromatic rings.